The number of benzene rings is 1. The number of hydrogen-bond donors (Lipinski definition) is 1. The van der Waals surface area contributed by atoms with Gasteiger partial charge < -0.3 is 9.80 Å². The molecular formula is C18H20FN5O2. The second-order valence-electron chi connectivity index (χ2n) is 6.99. The molecule has 2 fully saturated rings. The Morgan fingerprint density at radius 3 is 2.88 bits per heavy atom. The molecule has 1 aromatic carbocycles. The molecule has 7 nitrogen and oxygen atoms in total. The number of halogens is 1. The van der Waals surface area contributed by atoms with Gasteiger partial charge in [0.25, 0.3) is 5.91 Å². The van der Waals surface area contributed by atoms with E-state index in [0.717, 1.165) is 6.42 Å². The van der Waals surface area contributed by atoms with E-state index in [2.05, 4.69) is 10.2 Å². The monoisotopic (exact) mass is 357 g/mol. The molecule has 1 N–H and O–H groups in total. The largest absolute Gasteiger partial charge is 0.335 e. The molecule has 0 aliphatic carbocycles. The first-order chi connectivity index (χ1) is 12.5. The summed E-state index contributed by atoms with van der Waals surface area (Å²) in [5.41, 5.74) is 0.676. The Labute approximate surface area is 150 Å². The van der Waals surface area contributed by atoms with Crippen LogP contribution in [0.2, 0.25) is 0 Å². The van der Waals surface area contributed by atoms with E-state index < -0.39 is 0 Å². The van der Waals surface area contributed by atoms with Crippen molar-refractivity contribution >= 4 is 17.5 Å². The summed E-state index contributed by atoms with van der Waals surface area (Å²) in [6.07, 6.45) is 2.30. The van der Waals surface area contributed by atoms with Crippen LogP contribution in [0.5, 0.6) is 0 Å². The molecule has 2 aliphatic heterocycles. The molecule has 0 bridgehead atoms. The van der Waals surface area contributed by atoms with Gasteiger partial charge in [-0.15, -0.1) is 0 Å². The van der Waals surface area contributed by atoms with Gasteiger partial charge in [-0.05, 0) is 37.7 Å². The first-order valence-electron chi connectivity index (χ1n) is 8.54. The minimum Gasteiger partial charge on any atom is -0.335 e. The van der Waals surface area contributed by atoms with Crippen LogP contribution >= 0.6 is 0 Å². The van der Waals surface area contributed by atoms with Crippen molar-refractivity contribution in [3.63, 3.8) is 0 Å². The molecule has 3 heterocycles. The molecule has 0 unspecified atom stereocenters. The third kappa shape index (κ3) is 2.76. The maximum Gasteiger partial charge on any atom is 0.271 e. The van der Waals surface area contributed by atoms with Crippen LogP contribution in [0.25, 0.3) is 0 Å². The van der Waals surface area contributed by atoms with Crippen LogP contribution in [0.3, 0.4) is 0 Å². The number of anilines is 1. The topological polar surface area (TPSA) is 72.5 Å². The van der Waals surface area contributed by atoms with Crippen LogP contribution in [-0.4, -0.2) is 70.6 Å². The lowest BCUT2D eigenvalue weighted by molar-refractivity contribution is -0.123. The molecule has 1 aromatic heterocycles. The van der Waals surface area contributed by atoms with E-state index in [1.54, 1.807) is 34.2 Å². The summed E-state index contributed by atoms with van der Waals surface area (Å²) in [4.78, 5) is 30.6. The maximum atomic E-state index is 13.6. The number of likely N-dealkylation sites (N-methyl/N-ethyl adjacent to an activating group) is 1. The second-order valence-corrected chi connectivity index (χ2v) is 6.99. The zero-order chi connectivity index (χ0) is 18.3. The van der Waals surface area contributed by atoms with Crippen LogP contribution in [-0.2, 0) is 4.79 Å². The highest BCUT2D eigenvalue weighted by Gasteiger charge is 2.48. The van der Waals surface area contributed by atoms with Crippen molar-refractivity contribution in [3.8, 4) is 0 Å². The number of nitrogens with zero attached hydrogens (tertiary/aromatic N) is 4. The lowest BCUT2D eigenvalue weighted by Crippen LogP contribution is -2.64. The number of carbonyl (C=O) groups excluding carboxylic acids is 2. The highest BCUT2D eigenvalue weighted by atomic mass is 19.1. The average molecular weight is 357 g/mol. The number of aromatic nitrogens is 2. The SMILES string of the molecule is CN1CC(=O)N(c2cccc(F)c2)C[C@]12CCN(C(=O)c1ccn[nH]1)C2. The van der Waals surface area contributed by atoms with Crippen LogP contribution in [0.15, 0.2) is 36.5 Å². The van der Waals surface area contributed by atoms with Crippen molar-refractivity contribution in [1.29, 1.82) is 0 Å². The number of aromatic amines is 1. The maximum absolute atomic E-state index is 13.6. The molecule has 2 saturated heterocycles. The molecule has 8 heteroatoms. The molecule has 136 valence electrons. The van der Waals surface area contributed by atoms with Crippen LogP contribution in [0, 0.1) is 5.82 Å². The summed E-state index contributed by atoms with van der Waals surface area (Å²) in [6.45, 7) is 1.79. The van der Waals surface area contributed by atoms with Crippen molar-refractivity contribution in [2.45, 2.75) is 12.0 Å². The number of nitrogens with one attached hydrogen (secondary N) is 1. The van der Waals surface area contributed by atoms with E-state index in [0.29, 0.717) is 31.0 Å². The van der Waals surface area contributed by atoms with E-state index in [9.17, 15) is 14.0 Å². The Bertz CT molecular complexity index is 840. The summed E-state index contributed by atoms with van der Waals surface area (Å²) in [5.74, 6) is -0.533. The van der Waals surface area contributed by atoms with Crippen molar-refractivity contribution in [1.82, 2.24) is 20.0 Å². The molecule has 2 aromatic rings. The number of H-pyrrole nitrogens is 1. The number of carbonyl (C=O) groups is 2. The Morgan fingerprint density at radius 2 is 2.15 bits per heavy atom. The fraction of sp³-hybridized carbons (Fsp3) is 0.389. The van der Waals surface area contributed by atoms with Gasteiger partial charge >= 0.3 is 0 Å². The average Bonchev–Trinajstić information content (AvgIpc) is 3.29. The quantitative estimate of drug-likeness (QED) is 0.874. The summed E-state index contributed by atoms with van der Waals surface area (Å²) < 4.78 is 13.6. The normalized spacial score (nSPS) is 23.8. The molecule has 2 amide bonds. The van der Waals surface area contributed by atoms with Crippen molar-refractivity contribution in [3.05, 3.63) is 48.0 Å². The Balaban J connectivity index is 1.57. The van der Waals surface area contributed by atoms with E-state index in [1.165, 1.54) is 12.1 Å². The van der Waals surface area contributed by atoms with Gasteiger partial charge in [-0.25, -0.2) is 4.39 Å². The Hall–Kier alpha value is -2.74. The minimum absolute atomic E-state index is 0.0675. The first-order valence-corrected chi connectivity index (χ1v) is 8.54. The van der Waals surface area contributed by atoms with Crippen molar-refractivity contribution in [2.75, 3.05) is 38.1 Å². The van der Waals surface area contributed by atoms with Gasteiger partial charge in [0, 0.05) is 31.5 Å². The highest BCUT2D eigenvalue weighted by molar-refractivity contribution is 5.96. The van der Waals surface area contributed by atoms with Crippen LogP contribution in [0.1, 0.15) is 16.9 Å². The fourth-order valence-corrected chi connectivity index (χ4v) is 3.85. The fourth-order valence-electron chi connectivity index (χ4n) is 3.85. The zero-order valence-electron chi connectivity index (χ0n) is 14.5. The molecule has 1 spiro atoms. The van der Waals surface area contributed by atoms with Gasteiger partial charge in [-0.2, -0.15) is 5.10 Å². The molecule has 2 aliphatic rings. The predicted octanol–water partition coefficient (Wildman–Crippen LogP) is 1.11. The molecule has 1 atom stereocenters. The Morgan fingerprint density at radius 1 is 1.31 bits per heavy atom. The summed E-state index contributed by atoms with van der Waals surface area (Å²) in [6, 6.07) is 7.73. The smallest absolute Gasteiger partial charge is 0.271 e. The molecule has 0 saturated carbocycles. The van der Waals surface area contributed by atoms with Gasteiger partial charge in [-0.3, -0.25) is 19.6 Å². The van der Waals surface area contributed by atoms with Gasteiger partial charge in [0.15, 0.2) is 0 Å². The third-order valence-corrected chi connectivity index (χ3v) is 5.41. The highest BCUT2D eigenvalue weighted by Crippen LogP contribution is 2.34. The minimum atomic E-state index is -0.370. The predicted molar refractivity (Wildman–Crippen MR) is 93.2 cm³/mol. The van der Waals surface area contributed by atoms with E-state index in [1.807, 2.05) is 11.9 Å². The third-order valence-electron chi connectivity index (χ3n) is 5.41. The number of hydrogen-bond acceptors (Lipinski definition) is 4. The van der Waals surface area contributed by atoms with Gasteiger partial charge in [0.1, 0.15) is 11.5 Å². The number of likely N-dealkylation sites (tertiary alicyclic amines) is 1. The van der Waals surface area contributed by atoms with E-state index in [4.69, 9.17) is 0 Å². The lowest BCUT2D eigenvalue weighted by Gasteiger charge is -2.46. The summed E-state index contributed by atoms with van der Waals surface area (Å²) in [7, 11) is 1.91. The van der Waals surface area contributed by atoms with E-state index in [-0.39, 0.29) is 29.7 Å². The lowest BCUT2D eigenvalue weighted by atomic mass is 9.92. The standard InChI is InChI=1S/C18H20FN5O2/c1-22-10-16(25)24(14-4-2-3-13(19)9-14)12-18(22)6-8-23(11-18)17(26)15-5-7-20-21-15/h2-5,7,9H,6,8,10-12H2,1H3,(H,20,21)/t18-/m1/s1. The van der Waals surface area contributed by atoms with Crippen LogP contribution < -0.4 is 4.90 Å². The molecular weight excluding hydrogens is 337 g/mol. The molecule has 26 heavy (non-hydrogen) atoms. The number of amides is 2. The van der Waals surface area contributed by atoms with Crippen LogP contribution in [0.4, 0.5) is 10.1 Å². The zero-order valence-corrected chi connectivity index (χ0v) is 14.5. The van der Waals surface area contributed by atoms with Gasteiger partial charge in [-0.1, -0.05) is 6.07 Å². The summed E-state index contributed by atoms with van der Waals surface area (Å²) in [5, 5.41) is 6.54. The number of rotatable bonds is 2. The molecule has 4 rings (SSSR count). The summed E-state index contributed by atoms with van der Waals surface area (Å²) >= 11 is 0. The first kappa shape index (κ1) is 16.7. The van der Waals surface area contributed by atoms with E-state index >= 15 is 0 Å². The van der Waals surface area contributed by atoms with Gasteiger partial charge in [0.2, 0.25) is 5.91 Å². The molecule has 0 radical (unpaired) electrons. The van der Waals surface area contributed by atoms with Crippen molar-refractivity contribution < 1.29 is 14.0 Å². The van der Waals surface area contributed by atoms with Gasteiger partial charge in [0.05, 0.1) is 12.1 Å². The second kappa shape index (κ2) is 6.21. The Kier molecular flexibility index (Phi) is 3.99. The number of piperazine rings is 1. The van der Waals surface area contributed by atoms with Crippen molar-refractivity contribution in [2.24, 2.45) is 0 Å².